The second-order valence-corrected chi connectivity index (χ2v) is 6.10. The Morgan fingerprint density at radius 1 is 1.35 bits per heavy atom. The molecule has 0 saturated carbocycles. The third-order valence-electron chi connectivity index (χ3n) is 4.75. The molecule has 0 amide bonds. The number of para-hydroxylation sites is 1. The van der Waals surface area contributed by atoms with E-state index in [1.807, 2.05) is 0 Å². The van der Waals surface area contributed by atoms with Gasteiger partial charge in [-0.2, -0.15) is 0 Å². The minimum Gasteiger partial charge on any atom is -0.385 e. The fraction of sp³-hybridized carbons (Fsp3) is 0.647. The molecule has 110 valence electrons. The van der Waals surface area contributed by atoms with Gasteiger partial charge in [0.25, 0.3) is 0 Å². The van der Waals surface area contributed by atoms with E-state index in [2.05, 4.69) is 35.8 Å². The van der Waals surface area contributed by atoms with Gasteiger partial charge in [0.05, 0.1) is 0 Å². The Morgan fingerprint density at radius 2 is 2.20 bits per heavy atom. The zero-order chi connectivity index (χ0) is 13.8. The average Bonchev–Trinajstić information content (AvgIpc) is 2.53. The van der Waals surface area contributed by atoms with Crippen molar-refractivity contribution in [3.8, 4) is 0 Å². The monoisotopic (exact) mass is 274 g/mol. The molecule has 1 fully saturated rings. The Hall–Kier alpha value is -1.06. The van der Waals surface area contributed by atoms with Crippen LogP contribution in [0.5, 0.6) is 0 Å². The first kappa shape index (κ1) is 13.9. The molecule has 0 bridgehead atoms. The van der Waals surface area contributed by atoms with Crippen molar-refractivity contribution in [1.29, 1.82) is 0 Å². The van der Waals surface area contributed by atoms with Crippen molar-refractivity contribution >= 4 is 5.69 Å². The van der Waals surface area contributed by atoms with Crippen LogP contribution in [0.1, 0.15) is 37.3 Å². The molecule has 0 aromatic heterocycles. The van der Waals surface area contributed by atoms with E-state index in [4.69, 9.17) is 4.74 Å². The average molecular weight is 274 g/mol. The Kier molecular flexibility index (Phi) is 4.58. The van der Waals surface area contributed by atoms with Crippen LogP contribution < -0.4 is 10.6 Å². The summed E-state index contributed by atoms with van der Waals surface area (Å²) in [5, 5.41) is 7.30. The number of fused-ring (bicyclic) bond motifs is 1. The van der Waals surface area contributed by atoms with Gasteiger partial charge < -0.3 is 15.4 Å². The summed E-state index contributed by atoms with van der Waals surface area (Å²) >= 11 is 0. The standard InChI is InChI=1S/C17H26N2O/c1-13(14-7-10-20-11-8-14)19-12-16-5-2-4-15-6-3-9-18-17(15)16/h2,4-5,13-14,18-19H,3,6-12H2,1H3. The van der Waals surface area contributed by atoms with E-state index in [0.717, 1.165) is 32.2 Å². The molecule has 2 aliphatic heterocycles. The molecule has 2 N–H and O–H groups in total. The van der Waals surface area contributed by atoms with Crippen molar-refractivity contribution in [3.05, 3.63) is 29.3 Å². The van der Waals surface area contributed by atoms with Crippen LogP contribution >= 0.6 is 0 Å². The lowest BCUT2D eigenvalue weighted by molar-refractivity contribution is 0.0558. The summed E-state index contributed by atoms with van der Waals surface area (Å²) in [5.41, 5.74) is 4.28. The van der Waals surface area contributed by atoms with Crippen LogP contribution in [0.25, 0.3) is 0 Å². The molecule has 1 aromatic rings. The van der Waals surface area contributed by atoms with E-state index in [1.54, 1.807) is 0 Å². The van der Waals surface area contributed by atoms with Crippen LogP contribution in [0, 0.1) is 5.92 Å². The predicted molar refractivity (Wildman–Crippen MR) is 83.1 cm³/mol. The Labute approximate surface area is 122 Å². The van der Waals surface area contributed by atoms with Crippen LogP contribution in [0.15, 0.2) is 18.2 Å². The van der Waals surface area contributed by atoms with Gasteiger partial charge in [0, 0.05) is 38.0 Å². The van der Waals surface area contributed by atoms with Gasteiger partial charge in [-0.15, -0.1) is 0 Å². The number of hydrogen-bond acceptors (Lipinski definition) is 3. The van der Waals surface area contributed by atoms with Crippen molar-refractivity contribution in [2.75, 3.05) is 25.1 Å². The highest BCUT2D eigenvalue weighted by Crippen LogP contribution is 2.26. The molecule has 0 spiro atoms. The summed E-state index contributed by atoms with van der Waals surface area (Å²) in [6.45, 7) is 6.25. The van der Waals surface area contributed by atoms with Crippen molar-refractivity contribution in [2.24, 2.45) is 5.92 Å². The summed E-state index contributed by atoms with van der Waals surface area (Å²) in [7, 11) is 0. The van der Waals surface area contributed by atoms with Gasteiger partial charge in [0.15, 0.2) is 0 Å². The fourth-order valence-corrected chi connectivity index (χ4v) is 3.38. The van der Waals surface area contributed by atoms with Gasteiger partial charge in [0.1, 0.15) is 0 Å². The minimum absolute atomic E-state index is 0.568. The van der Waals surface area contributed by atoms with Crippen LogP contribution in [-0.4, -0.2) is 25.8 Å². The van der Waals surface area contributed by atoms with Gasteiger partial charge in [-0.3, -0.25) is 0 Å². The van der Waals surface area contributed by atoms with E-state index in [0.29, 0.717) is 6.04 Å². The Balaban J connectivity index is 1.60. The summed E-state index contributed by atoms with van der Waals surface area (Å²) in [5.74, 6) is 0.760. The van der Waals surface area contributed by atoms with E-state index in [1.165, 1.54) is 42.5 Å². The normalized spacial score (nSPS) is 21.1. The number of ether oxygens (including phenoxy) is 1. The summed E-state index contributed by atoms with van der Waals surface area (Å²) in [6.07, 6.45) is 4.85. The van der Waals surface area contributed by atoms with E-state index >= 15 is 0 Å². The maximum absolute atomic E-state index is 5.45. The predicted octanol–water partition coefficient (Wildman–Crippen LogP) is 2.95. The van der Waals surface area contributed by atoms with Crippen LogP contribution in [0.2, 0.25) is 0 Å². The molecular formula is C17H26N2O. The molecule has 20 heavy (non-hydrogen) atoms. The number of anilines is 1. The highest BCUT2D eigenvalue weighted by atomic mass is 16.5. The molecule has 2 heterocycles. The van der Waals surface area contributed by atoms with Crippen molar-refractivity contribution in [3.63, 3.8) is 0 Å². The second kappa shape index (κ2) is 6.59. The first-order chi connectivity index (χ1) is 9.84. The molecule has 1 atom stereocenters. The van der Waals surface area contributed by atoms with E-state index < -0.39 is 0 Å². The molecule has 3 rings (SSSR count). The maximum Gasteiger partial charge on any atom is 0.0469 e. The minimum atomic E-state index is 0.568. The van der Waals surface area contributed by atoms with Crippen molar-refractivity contribution in [1.82, 2.24) is 5.32 Å². The van der Waals surface area contributed by atoms with Crippen LogP contribution in [-0.2, 0) is 17.7 Å². The van der Waals surface area contributed by atoms with Gasteiger partial charge in [-0.05, 0) is 49.7 Å². The summed E-state index contributed by atoms with van der Waals surface area (Å²) in [6, 6.07) is 7.27. The fourth-order valence-electron chi connectivity index (χ4n) is 3.38. The Bertz CT molecular complexity index is 441. The van der Waals surface area contributed by atoms with Crippen LogP contribution in [0.4, 0.5) is 5.69 Å². The van der Waals surface area contributed by atoms with Gasteiger partial charge in [-0.25, -0.2) is 0 Å². The molecule has 0 aliphatic carbocycles. The number of benzene rings is 1. The molecular weight excluding hydrogens is 248 g/mol. The third-order valence-corrected chi connectivity index (χ3v) is 4.75. The molecule has 3 heteroatoms. The van der Waals surface area contributed by atoms with Gasteiger partial charge in [0.2, 0.25) is 0 Å². The van der Waals surface area contributed by atoms with Crippen molar-refractivity contribution < 1.29 is 4.74 Å². The quantitative estimate of drug-likeness (QED) is 0.885. The lowest BCUT2D eigenvalue weighted by atomic mass is 9.92. The smallest absolute Gasteiger partial charge is 0.0469 e. The molecule has 2 aliphatic rings. The topological polar surface area (TPSA) is 33.3 Å². The molecule has 1 saturated heterocycles. The van der Waals surface area contributed by atoms with E-state index in [-0.39, 0.29) is 0 Å². The molecule has 1 unspecified atom stereocenters. The van der Waals surface area contributed by atoms with Gasteiger partial charge in [-0.1, -0.05) is 18.2 Å². The van der Waals surface area contributed by atoms with E-state index in [9.17, 15) is 0 Å². The SMILES string of the molecule is CC(NCc1cccc2c1NCCC2)C1CCOCC1. The highest BCUT2D eigenvalue weighted by Gasteiger charge is 2.20. The number of hydrogen-bond donors (Lipinski definition) is 2. The number of aryl methyl sites for hydroxylation is 1. The lowest BCUT2D eigenvalue weighted by Gasteiger charge is -2.29. The largest absolute Gasteiger partial charge is 0.385 e. The second-order valence-electron chi connectivity index (χ2n) is 6.10. The third kappa shape index (κ3) is 3.15. The number of rotatable bonds is 4. The van der Waals surface area contributed by atoms with Crippen molar-refractivity contribution in [2.45, 2.75) is 45.2 Å². The van der Waals surface area contributed by atoms with Gasteiger partial charge >= 0.3 is 0 Å². The lowest BCUT2D eigenvalue weighted by Crippen LogP contribution is -2.36. The summed E-state index contributed by atoms with van der Waals surface area (Å²) < 4.78 is 5.45. The first-order valence-electron chi connectivity index (χ1n) is 8.00. The molecule has 0 radical (unpaired) electrons. The number of nitrogens with one attached hydrogen (secondary N) is 2. The summed E-state index contributed by atoms with van der Waals surface area (Å²) in [4.78, 5) is 0. The molecule has 1 aromatic carbocycles. The maximum atomic E-state index is 5.45. The first-order valence-corrected chi connectivity index (χ1v) is 8.00. The Morgan fingerprint density at radius 3 is 3.05 bits per heavy atom. The zero-order valence-corrected chi connectivity index (χ0v) is 12.5. The zero-order valence-electron chi connectivity index (χ0n) is 12.5. The molecule has 3 nitrogen and oxygen atoms in total. The highest BCUT2D eigenvalue weighted by molar-refractivity contribution is 5.59. The van der Waals surface area contributed by atoms with Crippen LogP contribution in [0.3, 0.4) is 0 Å².